The van der Waals surface area contributed by atoms with Crippen LogP contribution in [0.25, 0.3) is 94.3 Å². The summed E-state index contributed by atoms with van der Waals surface area (Å²) in [5.41, 5.74) is 8.51. The SMILES string of the molecule is c1ccc(-c2nc(-c3ccc4ccccc4c3)nc(-c3cc(-n4c5ccccc5c5ccccc54)c(-c4ccccc4)c4ccccc34)n2)cc1. The van der Waals surface area contributed by atoms with E-state index in [2.05, 4.69) is 168 Å². The van der Waals surface area contributed by atoms with Gasteiger partial charge in [-0.2, -0.15) is 0 Å². The molecule has 238 valence electrons. The molecule has 8 aromatic carbocycles. The number of para-hydroxylation sites is 2. The van der Waals surface area contributed by atoms with Gasteiger partial charge in [-0.25, -0.2) is 15.0 Å². The third kappa shape index (κ3) is 4.88. The van der Waals surface area contributed by atoms with Crippen molar-refractivity contribution in [3.05, 3.63) is 182 Å². The Kier molecular flexibility index (Phi) is 6.78. The lowest BCUT2D eigenvalue weighted by Crippen LogP contribution is -2.03. The first-order chi connectivity index (χ1) is 25.3. The molecular weight excluding hydrogens is 621 g/mol. The van der Waals surface area contributed by atoms with Crippen LogP contribution in [0.1, 0.15) is 0 Å². The summed E-state index contributed by atoms with van der Waals surface area (Å²) in [5, 5.41) is 6.96. The Morgan fingerprint density at radius 1 is 0.333 bits per heavy atom. The first-order valence-corrected chi connectivity index (χ1v) is 17.2. The quantitative estimate of drug-likeness (QED) is 0.186. The highest BCUT2D eigenvalue weighted by molar-refractivity contribution is 6.13. The summed E-state index contributed by atoms with van der Waals surface area (Å²) in [4.78, 5) is 15.6. The van der Waals surface area contributed by atoms with Gasteiger partial charge in [0.15, 0.2) is 17.5 Å². The van der Waals surface area contributed by atoms with Crippen LogP contribution in [0.15, 0.2) is 182 Å². The summed E-state index contributed by atoms with van der Waals surface area (Å²) < 4.78 is 2.41. The van der Waals surface area contributed by atoms with E-state index in [1.807, 2.05) is 18.2 Å². The first-order valence-electron chi connectivity index (χ1n) is 17.2. The van der Waals surface area contributed by atoms with Gasteiger partial charge in [-0.3, -0.25) is 0 Å². The average molecular weight is 651 g/mol. The lowest BCUT2D eigenvalue weighted by Gasteiger charge is -2.20. The predicted octanol–water partition coefficient (Wildman–Crippen LogP) is 11.9. The lowest BCUT2D eigenvalue weighted by molar-refractivity contribution is 1.07. The second-order valence-electron chi connectivity index (χ2n) is 12.8. The van der Waals surface area contributed by atoms with Gasteiger partial charge in [0.05, 0.1) is 16.7 Å². The van der Waals surface area contributed by atoms with Crippen LogP contribution in [0.2, 0.25) is 0 Å². The number of fused-ring (bicyclic) bond motifs is 5. The number of rotatable bonds is 5. The predicted molar refractivity (Wildman–Crippen MR) is 211 cm³/mol. The number of aromatic nitrogens is 4. The fourth-order valence-electron chi connectivity index (χ4n) is 7.48. The van der Waals surface area contributed by atoms with Gasteiger partial charge in [-0.1, -0.05) is 158 Å². The van der Waals surface area contributed by atoms with Crippen LogP contribution in [0.5, 0.6) is 0 Å². The van der Waals surface area contributed by atoms with E-state index >= 15 is 0 Å². The molecule has 0 bridgehead atoms. The van der Waals surface area contributed by atoms with Gasteiger partial charge in [0.2, 0.25) is 0 Å². The van der Waals surface area contributed by atoms with E-state index in [1.54, 1.807) is 0 Å². The fraction of sp³-hybridized carbons (Fsp3) is 0. The molecule has 0 fully saturated rings. The van der Waals surface area contributed by atoms with E-state index in [1.165, 1.54) is 16.2 Å². The van der Waals surface area contributed by atoms with E-state index in [-0.39, 0.29) is 0 Å². The molecule has 0 radical (unpaired) electrons. The normalized spacial score (nSPS) is 11.5. The van der Waals surface area contributed by atoms with Crippen LogP contribution in [-0.4, -0.2) is 19.5 Å². The topological polar surface area (TPSA) is 43.6 Å². The van der Waals surface area contributed by atoms with Gasteiger partial charge >= 0.3 is 0 Å². The molecule has 0 unspecified atom stereocenters. The first kappa shape index (κ1) is 29.0. The molecule has 0 saturated carbocycles. The minimum absolute atomic E-state index is 0.629. The summed E-state index contributed by atoms with van der Waals surface area (Å²) in [5.74, 6) is 1.91. The molecule has 0 amide bonds. The van der Waals surface area contributed by atoms with E-state index in [4.69, 9.17) is 15.0 Å². The van der Waals surface area contributed by atoms with Crippen molar-refractivity contribution in [3.8, 4) is 51.0 Å². The van der Waals surface area contributed by atoms with Crippen molar-refractivity contribution in [2.24, 2.45) is 0 Å². The molecule has 0 atom stereocenters. The third-order valence-electron chi connectivity index (χ3n) is 9.82. The van der Waals surface area contributed by atoms with Crippen molar-refractivity contribution in [2.75, 3.05) is 0 Å². The van der Waals surface area contributed by atoms with Crippen LogP contribution in [0.4, 0.5) is 0 Å². The molecule has 0 aliphatic rings. The zero-order valence-electron chi connectivity index (χ0n) is 27.6. The number of hydrogen-bond donors (Lipinski definition) is 0. The lowest BCUT2D eigenvalue weighted by atomic mass is 9.92. The highest BCUT2D eigenvalue weighted by Gasteiger charge is 2.22. The number of hydrogen-bond acceptors (Lipinski definition) is 3. The second kappa shape index (κ2) is 11.9. The van der Waals surface area contributed by atoms with Crippen molar-refractivity contribution >= 4 is 43.4 Å². The molecule has 4 heteroatoms. The number of benzene rings is 8. The minimum atomic E-state index is 0.629. The van der Waals surface area contributed by atoms with Crippen molar-refractivity contribution in [1.29, 1.82) is 0 Å². The Morgan fingerprint density at radius 3 is 1.53 bits per heavy atom. The smallest absolute Gasteiger partial charge is 0.164 e. The van der Waals surface area contributed by atoms with E-state index in [9.17, 15) is 0 Å². The van der Waals surface area contributed by atoms with Gasteiger partial charge in [-0.05, 0) is 51.4 Å². The summed E-state index contributed by atoms with van der Waals surface area (Å²) in [7, 11) is 0. The van der Waals surface area contributed by atoms with Crippen LogP contribution in [-0.2, 0) is 0 Å². The monoisotopic (exact) mass is 650 g/mol. The van der Waals surface area contributed by atoms with E-state index < -0.39 is 0 Å². The van der Waals surface area contributed by atoms with Gasteiger partial charge in [0.1, 0.15) is 0 Å². The maximum atomic E-state index is 5.27. The molecule has 0 N–H and O–H groups in total. The van der Waals surface area contributed by atoms with E-state index in [0.717, 1.165) is 60.7 Å². The molecule has 0 aliphatic carbocycles. The zero-order valence-corrected chi connectivity index (χ0v) is 27.6. The molecule has 0 aliphatic heterocycles. The third-order valence-corrected chi connectivity index (χ3v) is 9.82. The zero-order chi connectivity index (χ0) is 33.7. The molecule has 2 aromatic heterocycles. The Balaban J connectivity index is 1.32. The summed E-state index contributed by atoms with van der Waals surface area (Å²) in [6.45, 7) is 0. The van der Waals surface area contributed by atoms with Crippen LogP contribution < -0.4 is 0 Å². The van der Waals surface area contributed by atoms with Crippen molar-refractivity contribution < 1.29 is 0 Å². The van der Waals surface area contributed by atoms with Crippen LogP contribution in [0.3, 0.4) is 0 Å². The Labute approximate surface area is 295 Å². The molecule has 0 saturated heterocycles. The highest BCUT2D eigenvalue weighted by Crippen LogP contribution is 2.43. The maximum absolute atomic E-state index is 5.27. The Hall–Kier alpha value is -6.91. The van der Waals surface area contributed by atoms with Gasteiger partial charge < -0.3 is 4.57 Å². The summed E-state index contributed by atoms with van der Waals surface area (Å²) in [6.07, 6.45) is 0. The minimum Gasteiger partial charge on any atom is -0.309 e. The molecular formula is C47H30N4. The molecule has 51 heavy (non-hydrogen) atoms. The van der Waals surface area contributed by atoms with Gasteiger partial charge in [0.25, 0.3) is 0 Å². The molecule has 2 heterocycles. The van der Waals surface area contributed by atoms with Crippen LogP contribution in [0, 0.1) is 0 Å². The van der Waals surface area contributed by atoms with Crippen molar-refractivity contribution in [3.63, 3.8) is 0 Å². The summed E-state index contributed by atoms with van der Waals surface area (Å²) >= 11 is 0. The van der Waals surface area contributed by atoms with Gasteiger partial charge in [0, 0.05) is 33.0 Å². The Morgan fingerprint density at radius 2 is 0.843 bits per heavy atom. The summed E-state index contributed by atoms with van der Waals surface area (Å²) in [6, 6.07) is 64.0. The molecule has 10 aromatic rings. The standard InChI is InChI=1S/C47H30N4/c1-3-16-32(17-4-1)44-39-24-10-9-21-36(39)40(30-43(44)51-41-25-13-11-22-37(41)38-23-12-14-26-42(38)51)47-49-45(33-18-5-2-6-19-33)48-46(50-47)35-28-27-31-15-7-8-20-34(31)29-35/h1-30H. The molecule has 10 rings (SSSR count). The maximum Gasteiger partial charge on any atom is 0.164 e. The molecule has 4 nitrogen and oxygen atoms in total. The van der Waals surface area contributed by atoms with E-state index in [0.29, 0.717) is 17.5 Å². The van der Waals surface area contributed by atoms with Crippen LogP contribution >= 0.6 is 0 Å². The average Bonchev–Trinajstić information content (AvgIpc) is 3.55. The van der Waals surface area contributed by atoms with Gasteiger partial charge in [-0.15, -0.1) is 0 Å². The Bertz CT molecular complexity index is 2860. The highest BCUT2D eigenvalue weighted by atomic mass is 15.0. The van der Waals surface area contributed by atoms with Crippen molar-refractivity contribution in [2.45, 2.75) is 0 Å². The fourth-order valence-corrected chi connectivity index (χ4v) is 7.48. The molecule has 0 spiro atoms. The number of nitrogens with zero attached hydrogens (tertiary/aromatic N) is 4. The second-order valence-corrected chi connectivity index (χ2v) is 12.8. The largest absolute Gasteiger partial charge is 0.309 e. The van der Waals surface area contributed by atoms with Crippen molar-refractivity contribution in [1.82, 2.24) is 19.5 Å².